The lowest BCUT2D eigenvalue weighted by molar-refractivity contribution is -0.141. The third kappa shape index (κ3) is 4.48. The molecule has 0 saturated heterocycles. The number of methoxy groups -OCH3 is 4. The number of esters is 1. The third-order valence-electron chi connectivity index (χ3n) is 4.36. The van der Waals surface area contributed by atoms with Crippen LogP contribution in [0.5, 0.6) is 17.2 Å². The van der Waals surface area contributed by atoms with Crippen LogP contribution in [0, 0.1) is 0 Å². The molecule has 0 unspecified atom stereocenters. The topological polar surface area (TPSA) is 88.4 Å². The van der Waals surface area contributed by atoms with Gasteiger partial charge < -0.3 is 23.5 Å². The van der Waals surface area contributed by atoms with Crippen molar-refractivity contribution in [2.24, 2.45) is 4.99 Å². The molecule has 11 heteroatoms. The summed E-state index contributed by atoms with van der Waals surface area (Å²) >= 11 is 13.7. The average Bonchev–Trinajstić information content (AvgIpc) is 3.12. The van der Waals surface area contributed by atoms with Gasteiger partial charge in [-0.25, -0.2) is 0 Å². The van der Waals surface area contributed by atoms with E-state index in [0.717, 1.165) is 0 Å². The Morgan fingerprint density at radius 2 is 1.68 bits per heavy atom. The molecule has 0 bridgehead atoms. The first kappa shape index (κ1) is 22.9. The Labute approximate surface area is 191 Å². The zero-order chi connectivity index (χ0) is 22.7. The van der Waals surface area contributed by atoms with Crippen molar-refractivity contribution in [3.8, 4) is 17.2 Å². The number of nitrogens with zero attached hydrogens (tertiary/aromatic N) is 2. The third-order valence-corrected chi connectivity index (χ3v) is 6.20. The molecule has 2 aromatic carbocycles. The van der Waals surface area contributed by atoms with E-state index in [1.54, 1.807) is 12.1 Å². The zero-order valence-corrected chi connectivity index (χ0v) is 19.4. The number of hydrogen-bond acceptors (Lipinski definition) is 7. The van der Waals surface area contributed by atoms with Crippen LogP contribution in [0.4, 0.5) is 0 Å². The highest BCUT2D eigenvalue weighted by Crippen LogP contribution is 2.38. The van der Waals surface area contributed by atoms with Gasteiger partial charge in [-0.05, 0) is 24.3 Å². The van der Waals surface area contributed by atoms with Crippen molar-refractivity contribution in [2.45, 2.75) is 6.54 Å². The van der Waals surface area contributed by atoms with Crippen molar-refractivity contribution in [1.82, 2.24) is 4.57 Å². The van der Waals surface area contributed by atoms with Crippen molar-refractivity contribution in [1.29, 1.82) is 0 Å². The van der Waals surface area contributed by atoms with Crippen molar-refractivity contribution in [3.05, 3.63) is 44.7 Å². The molecule has 31 heavy (non-hydrogen) atoms. The number of fused-ring (bicyclic) bond motifs is 1. The number of rotatable bonds is 6. The molecule has 0 aliphatic rings. The van der Waals surface area contributed by atoms with Crippen LogP contribution in [0.3, 0.4) is 0 Å². The number of thiazole rings is 1. The van der Waals surface area contributed by atoms with E-state index in [9.17, 15) is 9.59 Å². The number of ether oxygens (including phenoxy) is 4. The Morgan fingerprint density at radius 1 is 1.03 bits per heavy atom. The van der Waals surface area contributed by atoms with Gasteiger partial charge >= 0.3 is 5.97 Å². The van der Waals surface area contributed by atoms with Gasteiger partial charge in [-0.15, -0.1) is 0 Å². The molecule has 3 aromatic rings. The van der Waals surface area contributed by atoms with Crippen LogP contribution < -0.4 is 19.0 Å². The monoisotopic (exact) mass is 484 g/mol. The molecule has 164 valence electrons. The lowest BCUT2D eigenvalue weighted by Crippen LogP contribution is -2.22. The maximum Gasteiger partial charge on any atom is 0.325 e. The van der Waals surface area contributed by atoms with E-state index in [4.69, 9.17) is 42.1 Å². The first-order chi connectivity index (χ1) is 14.8. The van der Waals surface area contributed by atoms with E-state index in [2.05, 4.69) is 4.99 Å². The van der Waals surface area contributed by atoms with Crippen LogP contribution in [-0.2, 0) is 16.1 Å². The highest BCUT2D eigenvalue weighted by atomic mass is 35.5. The van der Waals surface area contributed by atoms with Gasteiger partial charge in [0.2, 0.25) is 5.75 Å². The highest BCUT2D eigenvalue weighted by Gasteiger charge is 2.19. The van der Waals surface area contributed by atoms with Crippen LogP contribution in [0.25, 0.3) is 10.2 Å². The standard InChI is InChI=1S/C20H18Cl2N2O6S/c1-27-12-7-10(8-13(28-2)18(12)30-4)19(26)23-20-24(9-15(25)29-3)17-14(31-20)6-5-11(21)16(17)22/h5-8H,9H2,1-4H3. The number of hydrogen-bond donors (Lipinski definition) is 0. The predicted molar refractivity (Wildman–Crippen MR) is 118 cm³/mol. The van der Waals surface area contributed by atoms with E-state index >= 15 is 0 Å². The molecular weight excluding hydrogens is 467 g/mol. The second-order valence-electron chi connectivity index (χ2n) is 6.09. The molecule has 0 N–H and O–H groups in total. The van der Waals surface area contributed by atoms with Gasteiger partial charge in [-0.2, -0.15) is 4.99 Å². The zero-order valence-electron chi connectivity index (χ0n) is 17.0. The molecule has 0 aliphatic carbocycles. The molecule has 0 saturated carbocycles. The van der Waals surface area contributed by atoms with Gasteiger partial charge in [-0.1, -0.05) is 34.5 Å². The van der Waals surface area contributed by atoms with E-state index in [1.807, 2.05) is 0 Å². The van der Waals surface area contributed by atoms with E-state index < -0.39 is 11.9 Å². The minimum absolute atomic E-state index is 0.196. The number of amides is 1. The number of halogens is 2. The first-order valence-electron chi connectivity index (χ1n) is 8.77. The fourth-order valence-corrected chi connectivity index (χ4v) is 4.40. The number of aromatic nitrogens is 1. The molecule has 0 fully saturated rings. The van der Waals surface area contributed by atoms with Crippen LogP contribution in [-0.4, -0.2) is 44.9 Å². The molecule has 1 aromatic heterocycles. The molecule has 0 atom stereocenters. The largest absolute Gasteiger partial charge is 0.493 e. The Hall–Kier alpha value is -2.75. The van der Waals surface area contributed by atoms with Crippen LogP contribution >= 0.6 is 34.5 Å². The summed E-state index contributed by atoms with van der Waals surface area (Å²) in [4.78, 5) is 29.4. The number of carbonyl (C=O) groups is 2. The fraction of sp³-hybridized carbons (Fsp3) is 0.250. The lowest BCUT2D eigenvalue weighted by Gasteiger charge is -2.12. The molecule has 0 aliphatic heterocycles. The maximum absolute atomic E-state index is 13.0. The maximum atomic E-state index is 13.0. The van der Waals surface area contributed by atoms with E-state index in [0.29, 0.717) is 32.5 Å². The van der Waals surface area contributed by atoms with Gasteiger partial charge in [0, 0.05) is 5.56 Å². The second kappa shape index (κ2) is 9.59. The van der Waals surface area contributed by atoms with Crippen molar-refractivity contribution in [3.63, 3.8) is 0 Å². The molecule has 0 radical (unpaired) electrons. The number of benzene rings is 2. The SMILES string of the molecule is COC(=O)Cn1c(=NC(=O)c2cc(OC)c(OC)c(OC)c2)sc2ccc(Cl)c(Cl)c21. The summed E-state index contributed by atoms with van der Waals surface area (Å²) in [5.74, 6) is -0.127. The summed E-state index contributed by atoms with van der Waals surface area (Å²) < 4.78 is 22.8. The smallest absolute Gasteiger partial charge is 0.325 e. The predicted octanol–water partition coefficient (Wildman–Crippen LogP) is 3.95. The molecule has 1 heterocycles. The minimum Gasteiger partial charge on any atom is -0.493 e. The molecule has 3 rings (SSSR count). The Bertz CT molecular complexity index is 1210. The van der Waals surface area contributed by atoms with Crippen LogP contribution in [0.2, 0.25) is 10.0 Å². The van der Waals surface area contributed by atoms with Crippen LogP contribution in [0.1, 0.15) is 10.4 Å². The quantitative estimate of drug-likeness (QED) is 0.492. The van der Waals surface area contributed by atoms with Crippen molar-refractivity contribution in [2.75, 3.05) is 28.4 Å². The van der Waals surface area contributed by atoms with E-state index in [1.165, 1.54) is 56.5 Å². The molecule has 8 nitrogen and oxygen atoms in total. The minimum atomic E-state index is -0.577. The van der Waals surface area contributed by atoms with Crippen molar-refractivity contribution >= 4 is 56.6 Å². The Morgan fingerprint density at radius 3 is 2.23 bits per heavy atom. The first-order valence-corrected chi connectivity index (χ1v) is 10.3. The van der Waals surface area contributed by atoms with Gasteiger partial charge in [0.15, 0.2) is 16.3 Å². The summed E-state index contributed by atoms with van der Waals surface area (Å²) in [6.45, 7) is -0.196. The van der Waals surface area contributed by atoms with E-state index in [-0.39, 0.29) is 21.9 Å². The van der Waals surface area contributed by atoms with Gasteiger partial charge in [-0.3, -0.25) is 9.59 Å². The van der Waals surface area contributed by atoms with Gasteiger partial charge in [0.1, 0.15) is 6.54 Å². The summed E-state index contributed by atoms with van der Waals surface area (Å²) in [6.07, 6.45) is 0. The second-order valence-corrected chi connectivity index (χ2v) is 7.88. The summed E-state index contributed by atoms with van der Waals surface area (Å²) in [6, 6.07) is 6.37. The summed E-state index contributed by atoms with van der Waals surface area (Å²) in [5, 5.41) is 0.564. The fourth-order valence-electron chi connectivity index (χ4n) is 2.88. The summed E-state index contributed by atoms with van der Waals surface area (Å²) in [7, 11) is 5.63. The molecule has 1 amide bonds. The lowest BCUT2D eigenvalue weighted by atomic mass is 10.1. The average molecular weight is 485 g/mol. The van der Waals surface area contributed by atoms with Gasteiger partial charge in [0.25, 0.3) is 5.91 Å². The summed E-state index contributed by atoms with van der Waals surface area (Å²) in [5.41, 5.74) is 0.696. The Kier molecular flexibility index (Phi) is 7.09. The molecule has 0 spiro atoms. The highest BCUT2D eigenvalue weighted by molar-refractivity contribution is 7.16. The normalized spacial score (nSPS) is 11.5. The van der Waals surface area contributed by atoms with Crippen molar-refractivity contribution < 1.29 is 28.5 Å². The van der Waals surface area contributed by atoms with Crippen LogP contribution in [0.15, 0.2) is 29.3 Å². The Balaban J connectivity index is 2.20. The number of carbonyl (C=O) groups excluding carboxylic acids is 2. The van der Waals surface area contributed by atoms with Gasteiger partial charge in [0.05, 0.1) is 48.7 Å². The molecular formula is C20H18Cl2N2O6S.